The van der Waals surface area contributed by atoms with Crippen LogP contribution < -0.4 is 4.74 Å². The molecule has 25 heavy (non-hydrogen) atoms. The van der Waals surface area contributed by atoms with Crippen molar-refractivity contribution in [3.63, 3.8) is 0 Å². The highest BCUT2D eigenvalue weighted by Crippen LogP contribution is 2.13. The fourth-order valence-electron chi connectivity index (χ4n) is 2.37. The summed E-state index contributed by atoms with van der Waals surface area (Å²) < 4.78 is 28.2. The van der Waals surface area contributed by atoms with Crippen LogP contribution in [0.3, 0.4) is 0 Å². The lowest BCUT2D eigenvalue weighted by molar-refractivity contribution is 0.0773. The number of aryl methyl sites for hydroxylation is 1. The second-order valence-electron chi connectivity index (χ2n) is 6.16. The summed E-state index contributed by atoms with van der Waals surface area (Å²) in [6.45, 7) is 2.85. The molecule has 0 unspecified atom stereocenters. The van der Waals surface area contributed by atoms with E-state index in [1.807, 2.05) is 31.2 Å². The molecule has 0 aliphatic rings. The zero-order valence-electron chi connectivity index (χ0n) is 14.7. The van der Waals surface area contributed by atoms with Crippen LogP contribution in [0.2, 0.25) is 0 Å². The zero-order valence-corrected chi connectivity index (χ0v) is 15.5. The minimum Gasteiger partial charge on any atom is -0.492 e. The van der Waals surface area contributed by atoms with Crippen molar-refractivity contribution in [2.24, 2.45) is 0 Å². The van der Waals surface area contributed by atoms with Gasteiger partial charge in [-0.05, 0) is 42.3 Å². The third-order valence-electron chi connectivity index (χ3n) is 3.66. The lowest BCUT2D eigenvalue weighted by Crippen LogP contribution is -2.30. The third kappa shape index (κ3) is 6.23. The number of benzene rings is 2. The van der Waals surface area contributed by atoms with Gasteiger partial charge in [0.2, 0.25) is 0 Å². The molecule has 5 nitrogen and oxygen atoms in total. The molecule has 6 heteroatoms. The quantitative estimate of drug-likeness (QED) is 0.761. The first-order valence-corrected chi connectivity index (χ1v) is 10.0. The number of carbonyl (C=O) groups excluding carboxylic acids is 1. The summed E-state index contributed by atoms with van der Waals surface area (Å²) in [4.78, 5) is 14.0. The molecule has 0 radical (unpaired) electrons. The maximum absolute atomic E-state index is 12.4. The van der Waals surface area contributed by atoms with Crippen molar-refractivity contribution >= 4 is 15.7 Å². The van der Waals surface area contributed by atoms with E-state index in [0.29, 0.717) is 24.3 Å². The van der Waals surface area contributed by atoms with E-state index < -0.39 is 9.84 Å². The van der Waals surface area contributed by atoms with Crippen LogP contribution in [0, 0.1) is 6.92 Å². The molecule has 2 rings (SSSR count). The standard InChI is InChI=1S/C19H23NO4S/c1-15-5-4-6-18(13-15)24-12-11-20(2)19(21)17-9-7-16(8-10-17)14-25(3,22)23/h4-10,13H,11-12,14H2,1-3H3. The minimum absolute atomic E-state index is 0.0261. The average Bonchev–Trinajstić information content (AvgIpc) is 2.53. The van der Waals surface area contributed by atoms with Crippen LogP contribution >= 0.6 is 0 Å². The Bertz CT molecular complexity index is 829. The molecule has 0 spiro atoms. The van der Waals surface area contributed by atoms with Crippen LogP contribution in [0.4, 0.5) is 0 Å². The number of rotatable bonds is 7. The van der Waals surface area contributed by atoms with Gasteiger partial charge in [-0.15, -0.1) is 0 Å². The van der Waals surface area contributed by atoms with Gasteiger partial charge in [0.05, 0.1) is 12.3 Å². The van der Waals surface area contributed by atoms with E-state index >= 15 is 0 Å². The molecule has 0 N–H and O–H groups in total. The molecule has 0 aliphatic carbocycles. The van der Waals surface area contributed by atoms with E-state index in [4.69, 9.17) is 4.74 Å². The summed E-state index contributed by atoms with van der Waals surface area (Å²) in [5, 5.41) is 0. The highest BCUT2D eigenvalue weighted by atomic mass is 32.2. The maximum Gasteiger partial charge on any atom is 0.253 e. The first kappa shape index (κ1) is 19.0. The molecule has 2 aromatic rings. The Balaban J connectivity index is 1.88. The SMILES string of the molecule is Cc1cccc(OCCN(C)C(=O)c2ccc(CS(C)(=O)=O)cc2)c1. The summed E-state index contributed by atoms with van der Waals surface area (Å²) in [7, 11) is -1.37. The molecule has 0 heterocycles. The van der Waals surface area contributed by atoms with Crippen molar-refractivity contribution in [1.82, 2.24) is 4.90 Å². The predicted molar refractivity (Wildman–Crippen MR) is 98.6 cm³/mol. The lowest BCUT2D eigenvalue weighted by atomic mass is 10.1. The van der Waals surface area contributed by atoms with Gasteiger partial charge in [-0.1, -0.05) is 24.3 Å². The molecule has 0 fully saturated rings. The van der Waals surface area contributed by atoms with Gasteiger partial charge in [-0.2, -0.15) is 0 Å². The summed E-state index contributed by atoms with van der Waals surface area (Å²) in [5.41, 5.74) is 2.32. The topological polar surface area (TPSA) is 63.7 Å². The van der Waals surface area contributed by atoms with Gasteiger partial charge in [0.25, 0.3) is 5.91 Å². The predicted octanol–water partition coefficient (Wildman–Crippen LogP) is 2.69. The molecule has 0 atom stereocenters. The molecule has 2 aromatic carbocycles. The van der Waals surface area contributed by atoms with Crippen molar-refractivity contribution in [1.29, 1.82) is 0 Å². The Morgan fingerprint density at radius 2 is 1.80 bits per heavy atom. The highest BCUT2D eigenvalue weighted by Gasteiger charge is 2.12. The van der Waals surface area contributed by atoms with E-state index in [9.17, 15) is 13.2 Å². The Hall–Kier alpha value is -2.34. The Labute approximate surface area is 149 Å². The Morgan fingerprint density at radius 3 is 2.40 bits per heavy atom. The van der Waals surface area contributed by atoms with Crippen LogP contribution in [-0.4, -0.2) is 45.7 Å². The first-order chi connectivity index (χ1) is 11.7. The summed E-state index contributed by atoms with van der Waals surface area (Å²) in [5.74, 6) is 0.631. The van der Waals surface area contributed by atoms with Crippen LogP contribution in [-0.2, 0) is 15.6 Å². The van der Waals surface area contributed by atoms with Crippen LogP contribution in [0.25, 0.3) is 0 Å². The maximum atomic E-state index is 12.4. The number of likely N-dealkylation sites (N-methyl/N-ethyl adjacent to an activating group) is 1. The van der Waals surface area contributed by atoms with Crippen molar-refractivity contribution in [3.05, 3.63) is 65.2 Å². The van der Waals surface area contributed by atoms with Gasteiger partial charge >= 0.3 is 0 Å². The molecule has 0 saturated carbocycles. The molecular weight excluding hydrogens is 338 g/mol. The minimum atomic E-state index is -3.08. The van der Waals surface area contributed by atoms with E-state index in [1.54, 1.807) is 36.2 Å². The fraction of sp³-hybridized carbons (Fsp3) is 0.316. The van der Waals surface area contributed by atoms with Gasteiger partial charge in [-0.3, -0.25) is 4.79 Å². The van der Waals surface area contributed by atoms with Crippen LogP contribution in [0.1, 0.15) is 21.5 Å². The highest BCUT2D eigenvalue weighted by molar-refractivity contribution is 7.89. The van der Waals surface area contributed by atoms with E-state index in [1.165, 1.54) is 6.26 Å². The molecule has 0 aliphatic heterocycles. The van der Waals surface area contributed by atoms with Crippen molar-refractivity contribution in [2.45, 2.75) is 12.7 Å². The largest absolute Gasteiger partial charge is 0.492 e. The van der Waals surface area contributed by atoms with Crippen molar-refractivity contribution in [2.75, 3.05) is 26.5 Å². The van der Waals surface area contributed by atoms with Crippen molar-refractivity contribution < 1.29 is 17.9 Å². The number of hydrogen-bond acceptors (Lipinski definition) is 4. The molecule has 0 saturated heterocycles. The molecule has 0 bridgehead atoms. The second-order valence-corrected chi connectivity index (χ2v) is 8.30. The number of amides is 1. The van der Waals surface area contributed by atoms with E-state index in [2.05, 4.69) is 0 Å². The summed E-state index contributed by atoms with van der Waals surface area (Å²) in [6.07, 6.45) is 1.19. The molecular formula is C19H23NO4S. The third-order valence-corrected chi connectivity index (χ3v) is 4.52. The number of nitrogens with zero attached hydrogens (tertiary/aromatic N) is 1. The van der Waals surface area contributed by atoms with Crippen LogP contribution in [0.15, 0.2) is 48.5 Å². The second kappa shape index (κ2) is 8.16. The van der Waals surface area contributed by atoms with Gasteiger partial charge in [0.1, 0.15) is 12.4 Å². The number of carbonyl (C=O) groups is 1. The Morgan fingerprint density at radius 1 is 1.12 bits per heavy atom. The van der Waals surface area contributed by atoms with Gasteiger partial charge in [0, 0.05) is 18.9 Å². The normalized spacial score (nSPS) is 11.2. The van der Waals surface area contributed by atoms with Gasteiger partial charge in [-0.25, -0.2) is 8.42 Å². The fourth-order valence-corrected chi connectivity index (χ4v) is 3.17. The van der Waals surface area contributed by atoms with Crippen LogP contribution in [0.5, 0.6) is 5.75 Å². The molecule has 0 aromatic heterocycles. The monoisotopic (exact) mass is 361 g/mol. The molecule has 134 valence electrons. The zero-order chi connectivity index (χ0) is 18.4. The Kier molecular flexibility index (Phi) is 6.20. The van der Waals surface area contributed by atoms with Gasteiger partial charge < -0.3 is 9.64 Å². The number of hydrogen-bond donors (Lipinski definition) is 0. The average molecular weight is 361 g/mol. The number of sulfone groups is 1. The number of ether oxygens (including phenoxy) is 1. The molecule has 1 amide bonds. The van der Waals surface area contributed by atoms with Gasteiger partial charge in [0.15, 0.2) is 9.84 Å². The first-order valence-electron chi connectivity index (χ1n) is 7.96. The van der Waals surface area contributed by atoms with Crippen molar-refractivity contribution in [3.8, 4) is 5.75 Å². The summed E-state index contributed by atoms with van der Waals surface area (Å²) in [6, 6.07) is 14.4. The van der Waals surface area contributed by atoms with E-state index in [0.717, 1.165) is 11.3 Å². The van der Waals surface area contributed by atoms with E-state index in [-0.39, 0.29) is 11.7 Å². The summed E-state index contributed by atoms with van der Waals surface area (Å²) >= 11 is 0. The smallest absolute Gasteiger partial charge is 0.253 e. The lowest BCUT2D eigenvalue weighted by Gasteiger charge is -2.18.